The van der Waals surface area contributed by atoms with Crippen LogP contribution in [0.25, 0.3) is 0 Å². The third-order valence-corrected chi connectivity index (χ3v) is 4.76. The number of piperidine rings is 1. The number of hydrogen-bond donors (Lipinski definition) is 1. The van der Waals surface area contributed by atoms with Crippen LogP contribution in [0, 0.1) is 11.3 Å². The van der Waals surface area contributed by atoms with E-state index in [4.69, 9.17) is 0 Å². The molecule has 1 heterocycles. The number of amides is 2. The van der Waals surface area contributed by atoms with Crippen molar-refractivity contribution in [2.75, 3.05) is 24.7 Å². The first-order valence-electron chi connectivity index (χ1n) is 6.26. The molecule has 1 aromatic rings. The lowest BCUT2D eigenvalue weighted by Crippen LogP contribution is -2.46. The SMILES string of the molecule is CSC1(C#N)CCN(C(=O)Nc2ccccc2)CC1. The van der Waals surface area contributed by atoms with Gasteiger partial charge in [0, 0.05) is 18.8 Å². The van der Waals surface area contributed by atoms with Crippen molar-refractivity contribution in [2.24, 2.45) is 0 Å². The van der Waals surface area contributed by atoms with Gasteiger partial charge in [-0.15, -0.1) is 11.8 Å². The summed E-state index contributed by atoms with van der Waals surface area (Å²) in [5.74, 6) is 0. The number of thioether (sulfide) groups is 1. The Labute approximate surface area is 117 Å². The van der Waals surface area contributed by atoms with Crippen LogP contribution >= 0.6 is 11.8 Å². The Balaban J connectivity index is 1.92. The molecular weight excluding hydrogens is 258 g/mol. The van der Waals surface area contributed by atoms with E-state index < -0.39 is 0 Å². The minimum Gasteiger partial charge on any atom is -0.324 e. The molecule has 1 aliphatic rings. The van der Waals surface area contributed by atoms with Gasteiger partial charge in [-0.1, -0.05) is 18.2 Å². The molecule has 0 aromatic heterocycles. The number of nitrogens with one attached hydrogen (secondary N) is 1. The van der Waals surface area contributed by atoms with Crippen molar-refractivity contribution in [1.82, 2.24) is 4.90 Å². The summed E-state index contributed by atoms with van der Waals surface area (Å²) in [7, 11) is 0. The van der Waals surface area contributed by atoms with Crippen molar-refractivity contribution in [3.05, 3.63) is 30.3 Å². The number of nitriles is 1. The van der Waals surface area contributed by atoms with Crippen molar-refractivity contribution < 1.29 is 4.79 Å². The lowest BCUT2D eigenvalue weighted by atomic mass is 9.97. The fraction of sp³-hybridized carbons (Fsp3) is 0.429. The summed E-state index contributed by atoms with van der Waals surface area (Å²) in [5.41, 5.74) is 0.800. The van der Waals surface area contributed by atoms with Crippen molar-refractivity contribution in [2.45, 2.75) is 17.6 Å². The van der Waals surface area contributed by atoms with Gasteiger partial charge in [0.2, 0.25) is 0 Å². The monoisotopic (exact) mass is 275 g/mol. The van der Waals surface area contributed by atoms with E-state index in [2.05, 4.69) is 11.4 Å². The zero-order valence-corrected chi connectivity index (χ0v) is 11.7. The molecule has 1 fully saturated rings. The van der Waals surface area contributed by atoms with Crippen LogP contribution in [0.4, 0.5) is 10.5 Å². The van der Waals surface area contributed by atoms with Crippen LogP contribution in [0.3, 0.4) is 0 Å². The molecule has 4 nitrogen and oxygen atoms in total. The Bertz CT molecular complexity index is 475. The van der Waals surface area contributed by atoms with E-state index in [1.54, 1.807) is 16.7 Å². The number of nitrogens with zero attached hydrogens (tertiary/aromatic N) is 2. The van der Waals surface area contributed by atoms with Crippen LogP contribution in [0.1, 0.15) is 12.8 Å². The van der Waals surface area contributed by atoms with E-state index in [-0.39, 0.29) is 10.8 Å². The topological polar surface area (TPSA) is 56.1 Å². The van der Waals surface area contributed by atoms with Crippen LogP contribution in [0.2, 0.25) is 0 Å². The van der Waals surface area contributed by atoms with E-state index in [0.717, 1.165) is 18.5 Å². The number of rotatable bonds is 2. The maximum Gasteiger partial charge on any atom is 0.321 e. The lowest BCUT2D eigenvalue weighted by molar-refractivity contribution is 0.196. The second kappa shape index (κ2) is 5.98. The normalized spacial score (nSPS) is 17.6. The van der Waals surface area contributed by atoms with Crippen LogP contribution in [0.15, 0.2) is 30.3 Å². The smallest absolute Gasteiger partial charge is 0.321 e. The highest BCUT2D eigenvalue weighted by Crippen LogP contribution is 2.33. The average molecular weight is 275 g/mol. The van der Waals surface area contributed by atoms with Crippen molar-refractivity contribution in [3.63, 3.8) is 0 Å². The molecule has 0 spiro atoms. The number of carbonyl (C=O) groups is 1. The Hall–Kier alpha value is -1.67. The summed E-state index contributed by atoms with van der Waals surface area (Å²) in [6.07, 6.45) is 3.42. The molecule has 0 unspecified atom stereocenters. The molecule has 1 N–H and O–H groups in total. The second-order valence-corrected chi connectivity index (χ2v) is 5.78. The zero-order valence-electron chi connectivity index (χ0n) is 10.9. The number of anilines is 1. The number of carbonyl (C=O) groups excluding carboxylic acids is 1. The van der Waals surface area contributed by atoms with Crippen LogP contribution in [-0.4, -0.2) is 35.0 Å². The van der Waals surface area contributed by atoms with Gasteiger partial charge < -0.3 is 10.2 Å². The Kier molecular flexibility index (Phi) is 4.33. The highest BCUT2D eigenvalue weighted by molar-refractivity contribution is 8.00. The third kappa shape index (κ3) is 3.21. The van der Waals surface area contributed by atoms with E-state index in [1.807, 2.05) is 36.6 Å². The third-order valence-electron chi connectivity index (χ3n) is 3.48. The standard InChI is InChI=1S/C14H17N3OS/c1-19-14(11-15)7-9-17(10-8-14)13(18)16-12-5-3-2-4-6-12/h2-6H,7-10H2,1H3,(H,16,18). The fourth-order valence-electron chi connectivity index (χ4n) is 2.16. The molecule has 0 radical (unpaired) electrons. The summed E-state index contributed by atoms with van der Waals surface area (Å²) in [4.78, 5) is 13.9. The molecule has 1 saturated heterocycles. The van der Waals surface area contributed by atoms with Gasteiger partial charge in [-0.3, -0.25) is 0 Å². The van der Waals surface area contributed by atoms with E-state index in [9.17, 15) is 10.1 Å². The Morgan fingerprint density at radius 1 is 1.37 bits per heavy atom. The van der Waals surface area contributed by atoms with Crippen LogP contribution in [-0.2, 0) is 0 Å². The summed E-state index contributed by atoms with van der Waals surface area (Å²) in [5, 5.41) is 12.1. The average Bonchev–Trinajstić information content (AvgIpc) is 2.48. The molecular formula is C14H17N3OS. The quantitative estimate of drug-likeness (QED) is 0.902. The highest BCUT2D eigenvalue weighted by Gasteiger charge is 2.35. The molecule has 0 bridgehead atoms. The number of hydrogen-bond acceptors (Lipinski definition) is 3. The number of benzene rings is 1. The van der Waals surface area contributed by atoms with Gasteiger partial charge in [0.1, 0.15) is 4.75 Å². The first-order valence-corrected chi connectivity index (χ1v) is 7.49. The number of likely N-dealkylation sites (tertiary alicyclic amines) is 1. The lowest BCUT2D eigenvalue weighted by Gasteiger charge is -2.36. The minimum atomic E-state index is -0.316. The molecule has 19 heavy (non-hydrogen) atoms. The first-order chi connectivity index (χ1) is 9.19. The summed E-state index contributed by atoms with van der Waals surface area (Å²) in [6.45, 7) is 1.26. The van der Waals surface area contributed by atoms with Crippen molar-refractivity contribution in [3.8, 4) is 6.07 Å². The molecule has 5 heteroatoms. The van der Waals surface area contributed by atoms with Gasteiger partial charge in [-0.05, 0) is 31.2 Å². The van der Waals surface area contributed by atoms with Crippen molar-refractivity contribution in [1.29, 1.82) is 5.26 Å². The van der Waals surface area contributed by atoms with E-state index in [1.165, 1.54) is 0 Å². The molecule has 1 aliphatic heterocycles. The van der Waals surface area contributed by atoms with Crippen LogP contribution < -0.4 is 5.32 Å². The molecule has 2 rings (SSSR count). The Morgan fingerprint density at radius 3 is 2.53 bits per heavy atom. The maximum absolute atomic E-state index is 12.1. The number of para-hydroxylation sites is 1. The van der Waals surface area contributed by atoms with Gasteiger partial charge >= 0.3 is 6.03 Å². The highest BCUT2D eigenvalue weighted by atomic mass is 32.2. The molecule has 1 aromatic carbocycles. The van der Waals surface area contributed by atoms with Gasteiger partial charge in [0.25, 0.3) is 0 Å². The summed E-state index contributed by atoms with van der Waals surface area (Å²) >= 11 is 1.59. The molecule has 0 saturated carbocycles. The summed E-state index contributed by atoms with van der Waals surface area (Å²) < 4.78 is -0.316. The number of urea groups is 1. The first kappa shape index (κ1) is 13.8. The largest absolute Gasteiger partial charge is 0.324 e. The molecule has 100 valence electrons. The molecule has 2 amide bonds. The minimum absolute atomic E-state index is 0.0844. The predicted molar refractivity (Wildman–Crippen MR) is 78.1 cm³/mol. The summed E-state index contributed by atoms with van der Waals surface area (Å²) in [6, 6.07) is 11.7. The van der Waals surface area contributed by atoms with E-state index in [0.29, 0.717) is 13.1 Å². The van der Waals surface area contributed by atoms with Crippen molar-refractivity contribution >= 4 is 23.5 Å². The van der Waals surface area contributed by atoms with Gasteiger partial charge in [0.15, 0.2) is 0 Å². The predicted octanol–water partition coefficient (Wildman–Crippen LogP) is 2.94. The maximum atomic E-state index is 12.1. The van der Waals surface area contributed by atoms with Crippen LogP contribution in [0.5, 0.6) is 0 Å². The Morgan fingerprint density at radius 2 is 2.00 bits per heavy atom. The molecule has 0 aliphatic carbocycles. The van der Waals surface area contributed by atoms with E-state index >= 15 is 0 Å². The van der Waals surface area contributed by atoms with Gasteiger partial charge in [-0.25, -0.2) is 4.79 Å². The fourth-order valence-corrected chi connectivity index (χ4v) is 2.84. The zero-order chi connectivity index (χ0) is 13.7. The van der Waals surface area contributed by atoms with Gasteiger partial charge in [0.05, 0.1) is 6.07 Å². The second-order valence-electron chi connectivity index (χ2n) is 4.59. The molecule has 0 atom stereocenters. The van der Waals surface area contributed by atoms with Gasteiger partial charge in [-0.2, -0.15) is 5.26 Å².